The molecule has 0 aromatic heterocycles. The first kappa shape index (κ1) is 16.2. The third-order valence-electron chi connectivity index (χ3n) is 3.69. The zero-order valence-corrected chi connectivity index (χ0v) is 13.0. The third-order valence-corrected chi connectivity index (χ3v) is 3.69. The minimum atomic E-state index is 0.289. The topological polar surface area (TPSA) is 38.5 Å². The van der Waals surface area contributed by atoms with Crippen molar-refractivity contribution in [2.45, 2.75) is 33.2 Å². The molecule has 0 radical (unpaired) electrons. The maximum absolute atomic E-state index is 6.01. The lowest BCUT2D eigenvalue weighted by molar-refractivity contribution is 0.166. The molecule has 0 saturated carbocycles. The van der Waals surface area contributed by atoms with E-state index in [-0.39, 0.29) is 6.04 Å². The molecule has 0 aliphatic heterocycles. The van der Waals surface area contributed by atoms with Crippen molar-refractivity contribution >= 4 is 0 Å². The second-order valence-electron chi connectivity index (χ2n) is 5.39. The van der Waals surface area contributed by atoms with E-state index in [1.165, 1.54) is 22.3 Å². The molecule has 0 bridgehead atoms. The average Bonchev–Trinajstić information content (AvgIpc) is 2.33. The Bertz CT molecular complexity index is 381. The Labute approximate surface area is 117 Å². The summed E-state index contributed by atoms with van der Waals surface area (Å²) in [6.07, 6.45) is 1.04. The van der Waals surface area contributed by atoms with E-state index < -0.39 is 0 Å². The van der Waals surface area contributed by atoms with Crippen LogP contribution in [0, 0.1) is 20.8 Å². The summed E-state index contributed by atoms with van der Waals surface area (Å²) < 4.78 is 5.12. The van der Waals surface area contributed by atoms with Crippen LogP contribution >= 0.6 is 0 Å². The van der Waals surface area contributed by atoms with Crippen molar-refractivity contribution in [1.29, 1.82) is 0 Å². The van der Waals surface area contributed by atoms with Gasteiger partial charge in [0.05, 0.1) is 0 Å². The zero-order chi connectivity index (χ0) is 14.4. The SMILES string of the molecule is COCCCN(C)C(CN)c1c(C)cc(C)cc1C. The molecule has 108 valence electrons. The van der Waals surface area contributed by atoms with Gasteiger partial charge >= 0.3 is 0 Å². The Morgan fingerprint density at radius 1 is 1.21 bits per heavy atom. The first-order valence-corrected chi connectivity index (χ1v) is 6.98. The summed E-state index contributed by atoms with van der Waals surface area (Å²) in [5.74, 6) is 0. The fourth-order valence-corrected chi connectivity index (χ4v) is 2.85. The lowest BCUT2D eigenvalue weighted by atomic mass is 9.93. The van der Waals surface area contributed by atoms with Gasteiger partial charge in [-0.15, -0.1) is 0 Å². The first-order chi connectivity index (χ1) is 9.01. The highest BCUT2D eigenvalue weighted by Gasteiger charge is 2.19. The van der Waals surface area contributed by atoms with Crippen molar-refractivity contribution in [1.82, 2.24) is 4.90 Å². The van der Waals surface area contributed by atoms with Crippen molar-refractivity contribution < 1.29 is 4.74 Å². The smallest absolute Gasteiger partial charge is 0.0474 e. The molecule has 1 unspecified atom stereocenters. The van der Waals surface area contributed by atoms with Crippen LogP contribution in [0.3, 0.4) is 0 Å². The molecule has 1 atom stereocenters. The van der Waals surface area contributed by atoms with Crippen molar-refractivity contribution in [3.8, 4) is 0 Å². The van der Waals surface area contributed by atoms with E-state index in [0.717, 1.165) is 19.6 Å². The summed E-state index contributed by atoms with van der Waals surface area (Å²) >= 11 is 0. The Kier molecular flexibility index (Phi) is 6.49. The maximum atomic E-state index is 6.01. The second-order valence-corrected chi connectivity index (χ2v) is 5.39. The van der Waals surface area contributed by atoms with Gasteiger partial charge in [0.1, 0.15) is 0 Å². The normalized spacial score (nSPS) is 13.0. The summed E-state index contributed by atoms with van der Waals surface area (Å²) in [6, 6.07) is 4.78. The standard InChI is InChI=1S/C16H28N2O/c1-12-9-13(2)16(14(3)10-12)15(11-17)18(4)7-6-8-19-5/h9-10,15H,6-8,11,17H2,1-5H3. The number of likely N-dealkylation sites (N-methyl/N-ethyl adjacent to an activating group) is 1. The van der Waals surface area contributed by atoms with Crippen LogP contribution in [-0.2, 0) is 4.74 Å². The van der Waals surface area contributed by atoms with E-state index in [2.05, 4.69) is 44.9 Å². The van der Waals surface area contributed by atoms with Crippen molar-refractivity contribution in [2.24, 2.45) is 5.73 Å². The molecule has 0 aliphatic rings. The Balaban J connectivity index is 2.90. The summed E-state index contributed by atoms with van der Waals surface area (Å²) in [7, 11) is 3.89. The van der Waals surface area contributed by atoms with Crippen LogP contribution in [0.1, 0.15) is 34.7 Å². The minimum absolute atomic E-state index is 0.289. The van der Waals surface area contributed by atoms with E-state index in [4.69, 9.17) is 10.5 Å². The van der Waals surface area contributed by atoms with Crippen molar-refractivity contribution in [2.75, 3.05) is 33.9 Å². The molecule has 3 heteroatoms. The number of benzene rings is 1. The van der Waals surface area contributed by atoms with Crippen molar-refractivity contribution in [3.05, 3.63) is 34.4 Å². The van der Waals surface area contributed by atoms with Crippen LogP contribution in [0.2, 0.25) is 0 Å². The predicted octanol–water partition coefficient (Wildman–Crippen LogP) is 2.58. The van der Waals surface area contributed by atoms with Crippen LogP contribution in [0.25, 0.3) is 0 Å². The molecule has 19 heavy (non-hydrogen) atoms. The fraction of sp³-hybridized carbons (Fsp3) is 0.625. The van der Waals surface area contributed by atoms with Crippen LogP contribution in [-0.4, -0.2) is 38.8 Å². The van der Waals surface area contributed by atoms with Crippen molar-refractivity contribution in [3.63, 3.8) is 0 Å². The number of methoxy groups -OCH3 is 1. The monoisotopic (exact) mass is 264 g/mol. The molecule has 2 N–H and O–H groups in total. The Hall–Kier alpha value is -0.900. The minimum Gasteiger partial charge on any atom is -0.385 e. The maximum Gasteiger partial charge on any atom is 0.0474 e. The summed E-state index contributed by atoms with van der Waals surface area (Å²) in [6.45, 7) is 8.95. The summed E-state index contributed by atoms with van der Waals surface area (Å²) in [4.78, 5) is 2.34. The van der Waals surface area contributed by atoms with Crippen LogP contribution in [0.4, 0.5) is 0 Å². The molecule has 0 spiro atoms. The molecule has 0 heterocycles. The molecular formula is C16H28N2O. The van der Waals surface area contributed by atoms with Gasteiger partial charge in [0.15, 0.2) is 0 Å². The molecule has 1 aromatic carbocycles. The summed E-state index contributed by atoms with van der Waals surface area (Å²) in [5, 5.41) is 0. The van der Waals surface area contributed by atoms with Gasteiger partial charge in [-0.3, -0.25) is 4.90 Å². The molecule has 3 nitrogen and oxygen atoms in total. The largest absolute Gasteiger partial charge is 0.385 e. The van der Waals surface area contributed by atoms with Gasteiger partial charge in [0.2, 0.25) is 0 Å². The van der Waals surface area contributed by atoms with E-state index in [1.54, 1.807) is 7.11 Å². The lowest BCUT2D eigenvalue weighted by Gasteiger charge is -2.30. The molecule has 0 amide bonds. The van der Waals surface area contributed by atoms with Gasteiger partial charge in [0, 0.05) is 32.8 Å². The molecule has 0 aliphatic carbocycles. The third kappa shape index (κ3) is 4.30. The highest BCUT2D eigenvalue weighted by atomic mass is 16.5. The first-order valence-electron chi connectivity index (χ1n) is 6.98. The number of hydrogen-bond donors (Lipinski definition) is 1. The molecular weight excluding hydrogens is 236 g/mol. The fourth-order valence-electron chi connectivity index (χ4n) is 2.85. The molecule has 1 aromatic rings. The predicted molar refractivity (Wildman–Crippen MR) is 81.6 cm³/mol. The molecule has 0 fully saturated rings. The van der Waals surface area contributed by atoms with Gasteiger partial charge in [-0.25, -0.2) is 0 Å². The lowest BCUT2D eigenvalue weighted by Crippen LogP contribution is -2.32. The average molecular weight is 264 g/mol. The quantitative estimate of drug-likeness (QED) is 0.769. The zero-order valence-electron chi connectivity index (χ0n) is 13.0. The molecule has 0 saturated heterocycles. The Morgan fingerprint density at radius 2 is 1.79 bits per heavy atom. The summed E-state index contributed by atoms with van der Waals surface area (Å²) in [5.41, 5.74) is 11.4. The van der Waals surface area contributed by atoms with Crippen LogP contribution < -0.4 is 5.73 Å². The van der Waals surface area contributed by atoms with Gasteiger partial charge in [-0.1, -0.05) is 17.7 Å². The number of nitrogens with zero attached hydrogens (tertiary/aromatic N) is 1. The number of ether oxygens (including phenoxy) is 1. The number of nitrogens with two attached hydrogens (primary N) is 1. The number of aryl methyl sites for hydroxylation is 3. The molecule has 1 rings (SSSR count). The van der Waals surface area contributed by atoms with E-state index in [0.29, 0.717) is 6.54 Å². The number of hydrogen-bond acceptors (Lipinski definition) is 3. The Morgan fingerprint density at radius 3 is 2.26 bits per heavy atom. The van der Waals surface area contributed by atoms with E-state index in [1.807, 2.05) is 0 Å². The number of rotatable bonds is 7. The van der Waals surface area contributed by atoms with Gasteiger partial charge in [-0.2, -0.15) is 0 Å². The highest BCUT2D eigenvalue weighted by molar-refractivity contribution is 5.39. The second kappa shape index (κ2) is 7.63. The van der Waals surface area contributed by atoms with Crippen LogP contribution in [0.15, 0.2) is 12.1 Å². The van der Waals surface area contributed by atoms with E-state index >= 15 is 0 Å². The van der Waals surface area contributed by atoms with Gasteiger partial charge in [0.25, 0.3) is 0 Å². The van der Waals surface area contributed by atoms with Crippen LogP contribution in [0.5, 0.6) is 0 Å². The van der Waals surface area contributed by atoms with E-state index in [9.17, 15) is 0 Å². The van der Waals surface area contributed by atoms with Gasteiger partial charge < -0.3 is 10.5 Å². The highest BCUT2D eigenvalue weighted by Crippen LogP contribution is 2.26. The van der Waals surface area contributed by atoms with Gasteiger partial charge in [-0.05, 0) is 50.9 Å².